The molecule has 14 heavy (non-hydrogen) atoms. The molecule has 86 valence electrons. The Kier molecular flexibility index (Phi) is 6.38. The van der Waals surface area contributed by atoms with Crippen molar-refractivity contribution in [2.75, 3.05) is 13.6 Å². The minimum atomic E-state index is 0. The fraction of sp³-hybridized carbons (Fsp3) is 1.00. The predicted octanol–water partition coefficient (Wildman–Crippen LogP) is 2.06. The van der Waals surface area contributed by atoms with Gasteiger partial charge in [0.25, 0.3) is 0 Å². The first-order valence-electron chi connectivity index (χ1n) is 5.24. The van der Waals surface area contributed by atoms with Gasteiger partial charge in [0.05, 0.1) is 0 Å². The standard InChI is InChI=1S/C10H20N2.2ClH/c1-8-7-11-9-5-3-4-6-10(9)12(8)2;;/h8-11H,3-7H2,1-2H3;2*1H. The van der Waals surface area contributed by atoms with Crippen molar-refractivity contribution in [1.82, 2.24) is 10.2 Å². The smallest absolute Gasteiger partial charge is 0.0249 e. The van der Waals surface area contributed by atoms with Crippen molar-refractivity contribution in [3.05, 3.63) is 0 Å². The second kappa shape index (κ2) is 6.16. The maximum absolute atomic E-state index is 3.66. The van der Waals surface area contributed by atoms with Crippen LogP contribution in [0.25, 0.3) is 0 Å². The van der Waals surface area contributed by atoms with Crippen molar-refractivity contribution in [1.29, 1.82) is 0 Å². The maximum atomic E-state index is 3.66. The Morgan fingerprint density at radius 2 is 1.79 bits per heavy atom. The summed E-state index contributed by atoms with van der Waals surface area (Å²) in [6.07, 6.45) is 5.65. The molecule has 1 N–H and O–H groups in total. The minimum Gasteiger partial charge on any atom is -0.311 e. The van der Waals surface area contributed by atoms with Crippen LogP contribution in [-0.2, 0) is 0 Å². The number of hydrogen-bond donors (Lipinski definition) is 1. The van der Waals surface area contributed by atoms with Gasteiger partial charge in [0.15, 0.2) is 0 Å². The van der Waals surface area contributed by atoms with E-state index in [0.29, 0.717) is 0 Å². The highest BCUT2D eigenvalue weighted by molar-refractivity contribution is 5.85. The Morgan fingerprint density at radius 1 is 1.14 bits per heavy atom. The van der Waals surface area contributed by atoms with Gasteiger partial charge in [-0.3, -0.25) is 4.90 Å². The second-order valence-electron chi connectivity index (χ2n) is 4.38. The van der Waals surface area contributed by atoms with Crippen molar-refractivity contribution in [2.45, 2.75) is 50.7 Å². The van der Waals surface area contributed by atoms with E-state index in [-0.39, 0.29) is 24.8 Å². The van der Waals surface area contributed by atoms with Gasteiger partial charge < -0.3 is 5.32 Å². The summed E-state index contributed by atoms with van der Waals surface area (Å²) in [6, 6.07) is 2.34. The van der Waals surface area contributed by atoms with Crippen molar-refractivity contribution in [3.63, 3.8) is 0 Å². The van der Waals surface area contributed by atoms with E-state index in [1.165, 1.54) is 32.2 Å². The van der Waals surface area contributed by atoms with E-state index in [0.717, 1.165) is 18.1 Å². The van der Waals surface area contributed by atoms with Crippen LogP contribution >= 0.6 is 24.8 Å². The largest absolute Gasteiger partial charge is 0.311 e. The molecule has 1 aliphatic carbocycles. The summed E-state index contributed by atoms with van der Waals surface area (Å²) in [5.41, 5.74) is 0. The number of nitrogens with one attached hydrogen (secondary N) is 1. The Balaban J connectivity index is 0.000000845. The molecule has 1 aliphatic heterocycles. The zero-order valence-corrected chi connectivity index (χ0v) is 10.7. The SMILES string of the molecule is CC1CNC2CCCCC2N1C.Cl.Cl. The topological polar surface area (TPSA) is 15.3 Å². The zero-order chi connectivity index (χ0) is 8.55. The molecule has 1 saturated heterocycles. The molecule has 2 nitrogen and oxygen atoms in total. The van der Waals surface area contributed by atoms with Gasteiger partial charge in [0.1, 0.15) is 0 Å². The second-order valence-corrected chi connectivity index (χ2v) is 4.38. The first-order valence-corrected chi connectivity index (χ1v) is 5.24. The maximum Gasteiger partial charge on any atom is 0.0249 e. The number of fused-ring (bicyclic) bond motifs is 1. The van der Waals surface area contributed by atoms with E-state index in [1.54, 1.807) is 0 Å². The van der Waals surface area contributed by atoms with Crippen molar-refractivity contribution < 1.29 is 0 Å². The lowest BCUT2D eigenvalue weighted by Gasteiger charge is -2.46. The monoisotopic (exact) mass is 240 g/mol. The molecule has 3 atom stereocenters. The molecule has 3 unspecified atom stereocenters. The third-order valence-corrected chi connectivity index (χ3v) is 3.62. The number of halogens is 2. The summed E-state index contributed by atoms with van der Waals surface area (Å²) in [5, 5.41) is 3.66. The molecule has 4 heteroatoms. The van der Waals surface area contributed by atoms with Crippen LogP contribution in [0.5, 0.6) is 0 Å². The quantitative estimate of drug-likeness (QED) is 0.698. The summed E-state index contributed by atoms with van der Waals surface area (Å²) in [5.74, 6) is 0. The molecule has 0 aromatic carbocycles. The van der Waals surface area contributed by atoms with Crippen LogP contribution in [0.4, 0.5) is 0 Å². The van der Waals surface area contributed by atoms with Crippen LogP contribution in [-0.4, -0.2) is 36.6 Å². The van der Waals surface area contributed by atoms with Gasteiger partial charge >= 0.3 is 0 Å². The summed E-state index contributed by atoms with van der Waals surface area (Å²) in [6.45, 7) is 3.50. The summed E-state index contributed by atoms with van der Waals surface area (Å²) in [7, 11) is 2.29. The summed E-state index contributed by atoms with van der Waals surface area (Å²) in [4.78, 5) is 2.57. The van der Waals surface area contributed by atoms with E-state index < -0.39 is 0 Å². The average Bonchev–Trinajstić information content (AvgIpc) is 2.12. The highest BCUT2D eigenvalue weighted by atomic mass is 35.5. The predicted molar refractivity (Wildman–Crippen MR) is 65.8 cm³/mol. The van der Waals surface area contributed by atoms with Crippen LogP contribution in [0.3, 0.4) is 0 Å². The molecule has 0 spiro atoms. The van der Waals surface area contributed by atoms with Gasteiger partial charge in [0, 0.05) is 24.7 Å². The lowest BCUT2D eigenvalue weighted by molar-refractivity contribution is 0.0721. The van der Waals surface area contributed by atoms with E-state index in [9.17, 15) is 0 Å². The molecular formula is C10H22Cl2N2. The Hall–Kier alpha value is 0.500. The lowest BCUT2D eigenvalue weighted by Crippen LogP contribution is -2.61. The molecule has 2 rings (SSSR count). The molecule has 1 saturated carbocycles. The normalized spacial score (nSPS) is 37.7. The van der Waals surface area contributed by atoms with Crippen molar-refractivity contribution in [3.8, 4) is 0 Å². The van der Waals surface area contributed by atoms with Crippen LogP contribution in [0.1, 0.15) is 32.6 Å². The fourth-order valence-electron chi connectivity index (χ4n) is 2.63. The minimum absolute atomic E-state index is 0. The van der Waals surface area contributed by atoms with Crippen LogP contribution in [0, 0.1) is 0 Å². The lowest BCUT2D eigenvalue weighted by atomic mass is 9.87. The summed E-state index contributed by atoms with van der Waals surface area (Å²) >= 11 is 0. The van der Waals surface area contributed by atoms with Gasteiger partial charge in [-0.25, -0.2) is 0 Å². The van der Waals surface area contributed by atoms with Crippen LogP contribution in [0.15, 0.2) is 0 Å². The Labute approximate surface area is 99.6 Å². The zero-order valence-electron chi connectivity index (χ0n) is 9.03. The third-order valence-electron chi connectivity index (χ3n) is 3.62. The third kappa shape index (κ3) is 2.75. The van der Waals surface area contributed by atoms with E-state index in [2.05, 4.69) is 24.2 Å². The molecule has 0 amide bonds. The first-order chi connectivity index (χ1) is 5.79. The Morgan fingerprint density at radius 3 is 2.50 bits per heavy atom. The van der Waals surface area contributed by atoms with Crippen molar-refractivity contribution >= 4 is 24.8 Å². The highest BCUT2D eigenvalue weighted by Crippen LogP contribution is 2.26. The van der Waals surface area contributed by atoms with Gasteiger partial charge in [-0.15, -0.1) is 24.8 Å². The number of likely N-dealkylation sites (N-methyl/N-ethyl adjacent to an activating group) is 1. The number of nitrogens with zero attached hydrogens (tertiary/aromatic N) is 1. The molecule has 0 aromatic heterocycles. The van der Waals surface area contributed by atoms with E-state index >= 15 is 0 Å². The molecule has 2 fully saturated rings. The van der Waals surface area contributed by atoms with E-state index in [1.807, 2.05) is 0 Å². The van der Waals surface area contributed by atoms with Gasteiger partial charge in [-0.05, 0) is 26.8 Å². The fourth-order valence-corrected chi connectivity index (χ4v) is 2.63. The van der Waals surface area contributed by atoms with Gasteiger partial charge in [-0.1, -0.05) is 12.8 Å². The molecule has 0 bridgehead atoms. The molecule has 2 aliphatic rings. The van der Waals surface area contributed by atoms with Gasteiger partial charge in [0.2, 0.25) is 0 Å². The first kappa shape index (κ1) is 14.5. The Bertz CT molecular complexity index is 164. The average molecular weight is 241 g/mol. The number of rotatable bonds is 0. The number of piperazine rings is 1. The van der Waals surface area contributed by atoms with Gasteiger partial charge in [-0.2, -0.15) is 0 Å². The molecule has 0 radical (unpaired) electrons. The molecule has 1 heterocycles. The highest BCUT2D eigenvalue weighted by Gasteiger charge is 2.33. The number of hydrogen-bond acceptors (Lipinski definition) is 2. The molecular weight excluding hydrogens is 219 g/mol. The molecule has 0 aromatic rings. The van der Waals surface area contributed by atoms with Crippen molar-refractivity contribution in [2.24, 2.45) is 0 Å². The van der Waals surface area contributed by atoms with Crippen LogP contribution < -0.4 is 5.32 Å². The summed E-state index contributed by atoms with van der Waals surface area (Å²) < 4.78 is 0. The van der Waals surface area contributed by atoms with Crippen LogP contribution in [0.2, 0.25) is 0 Å². The van der Waals surface area contributed by atoms with E-state index in [4.69, 9.17) is 0 Å².